The van der Waals surface area contributed by atoms with Gasteiger partial charge in [0.25, 0.3) is 0 Å². The highest BCUT2D eigenvalue weighted by Gasteiger charge is 2.23. The quantitative estimate of drug-likeness (QED) is 0.755. The summed E-state index contributed by atoms with van der Waals surface area (Å²) in [6.45, 7) is 4.28. The maximum atomic E-state index is 12.5. The summed E-state index contributed by atoms with van der Waals surface area (Å²) in [5.41, 5.74) is 5.64. The molecule has 0 saturated heterocycles. The summed E-state index contributed by atoms with van der Waals surface area (Å²) in [6, 6.07) is 4.27. The smallest absolute Gasteiger partial charge is 0.244 e. The van der Waals surface area contributed by atoms with Crippen LogP contribution in [-0.2, 0) is 10.0 Å². The maximum Gasteiger partial charge on any atom is 0.244 e. The molecule has 0 heterocycles. The van der Waals surface area contributed by atoms with Crippen molar-refractivity contribution in [3.8, 4) is 11.5 Å². The Bertz CT molecular complexity index is 558. The number of methoxy groups -OCH3 is 2. The molecule has 21 heavy (non-hydrogen) atoms. The van der Waals surface area contributed by atoms with Gasteiger partial charge in [0, 0.05) is 18.7 Å². The van der Waals surface area contributed by atoms with E-state index >= 15 is 0 Å². The maximum absolute atomic E-state index is 12.5. The fraction of sp³-hybridized carbons (Fsp3) is 0.571. The van der Waals surface area contributed by atoms with Crippen LogP contribution in [-0.4, -0.2) is 35.2 Å². The molecule has 0 radical (unpaired) electrons. The monoisotopic (exact) mass is 316 g/mol. The molecule has 1 rings (SSSR count). The van der Waals surface area contributed by atoms with Crippen molar-refractivity contribution in [1.29, 1.82) is 0 Å². The number of rotatable bonds is 8. The zero-order valence-corrected chi connectivity index (χ0v) is 13.7. The second kappa shape index (κ2) is 7.63. The number of hydrogen-bond acceptors (Lipinski definition) is 5. The lowest BCUT2D eigenvalue weighted by molar-refractivity contribution is 0.385. The van der Waals surface area contributed by atoms with Crippen molar-refractivity contribution in [2.45, 2.75) is 31.2 Å². The molecule has 0 aliphatic carbocycles. The van der Waals surface area contributed by atoms with Gasteiger partial charge >= 0.3 is 0 Å². The first-order chi connectivity index (χ1) is 9.83. The fourth-order valence-electron chi connectivity index (χ4n) is 2.04. The molecule has 1 aromatic carbocycles. The molecule has 0 aliphatic rings. The highest BCUT2D eigenvalue weighted by molar-refractivity contribution is 7.89. The van der Waals surface area contributed by atoms with Gasteiger partial charge < -0.3 is 15.2 Å². The van der Waals surface area contributed by atoms with Crippen LogP contribution in [0.5, 0.6) is 11.5 Å². The number of ether oxygens (including phenoxy) is 2. The molecule has 0 saturated carbocycles. The zero-order valence-electron chi connectivity index (χ0n) is 12.9. The second-order valence-electron chi connectivity index (χ2n) is 5.20. The first-order valence-electron chi connectivity index (χ1n) is 6.78. The summed E-state index contributed by atoms with van der Waals surface area (Å²) in [5.74, 6) is 1.12. The van der Waals surface area contributed by atoms with Gasteiger partial charge in [0.05, 0.1) is 14.2 Å². The average Bonchev–Trinajstić information content (AvgIpc) is 2.44. The Hall–Kier alpha value is -1.31. The molecule has 1 unspecified atom stereocenters. The third-order valence-electron chi connectivity index (χ3n) is 3.02. The van der Waals surface area contributed by atoms with Crippen LogP contribution in [0.1, 0.15) is 20.3 Å². The summed E-state index contributed by atoms with van der Waals surface area (Å²) < 4.78 is 37.8. The SMILES string of the molecule is COc1ccc(S(=O)(=O)NC(CN)CC(C)C)c(OC)c1. The summed E-state index contributed by atoms with van der Waals surface area (Å²) in [4.78, 5) is 0.0769. The summed E-state index contributed by atoms with van der Waals surface area (Å²) >= 11 is 0. The van der Waals surface area contributed by atoms with Crippen LogP contribution in [0.25, 0.3) is 0 Å². The standard InChI is InChI=1S/C14H24N2O4S/c1-10(2)7-11(9-15)16-21(17,18)14-6-5-12(19-3)8-13(14)20-4/h5-6,8,10-11,16H,7,9,15H2,1-4H3. The molecule has 0 aliphatic heterocycles. The van der Waals surface area contributed by atoms with E-state index in [1.54, 1.807) is 6.07 Å². The molecule has 0 amide bonds. The molecule has 6 nitrogen and oxygen atoms in total. The van der Waals surface area contributed by atoms with E-state index in [1.165, 1.54) is 26.4 Å². The molecular weight excluding hydrogens is 292 g/mol. The molecular formula is C14H24N2O4S. The molecule has 3 N–H and O–H groups in total. The van der Waals surface area contributed by atoms with Crippen LogP contribution in [0.4, 0.5) is 0 Å². The van der Waals surface area contributed by atoms with Crippen LogP contribution in [0.3, 0.4) is 0 Å². The van der Waals surface area contributed by atoms with Crippen molar-refractivity contribution in [3.05, 3.63) is 18.2 Å². The van der Waals surface area contributed by atoms with Crippen molar-refractivity contribution < 1.29 is 17.9 Å². The Morgan fingerprint density at radius 3 is 2.38 bits per heavy atom. The Morgan fingerprint density at radius 1 is 1.24 bits per heavy atom. The third kappa shape index (κ3) is 4.87. The van der Waals surface area contributed by atoms with Crippen molar-refractivity contribution in [2.24, 2.45) is 11.7 Å². The number of benzene rings is 1. The highest BCUT2D eigenvalue weighted by Crippen LogP contribution is 2.28. The summed E-state index contributed by atoms with van der Waals surface area (Å²) in [6.07, 6.45) is 0.675. The van der Waals surface area contributed by atoms with Gasteiger partial charge in [-0.05, 0) is 24.5 Å². The Morgan fingerprint density at radius 2 is 1.90 bits per heavy atom. The number of nitrogens with two attached hydrogens (primary N) is 1. The number of hydrogen-bond donors (Lipinski definition) is 2. The Balaban J connectivity index is 3.06. The van der Waals surface area contributed by atoms with Gasteiger partial charge in [-0.3, -0.25) is 0 Å². The molecule has 1 atom stereocenters. The van der Waals surface area contributed by atoms with E-state index in [2.05, 4.69) is 4.72 Å². The van der Waals surface area contributed by atoms with E-state index in [9.17, 15) is 8.42 Å². The lowest BCUT2D eigenvalue weighted by atomic mass is 10.1. The second-order valence-corrected chi connectivity index (χ2v) is 6.88. The molecule has 0 aromatic heterocycles. The fourth-order valence-corrected chi connectivity index (χ4v) is 3.45. The highest BCUT2D eigenvalue weighted by atomic mass is 32.2. The Labute approximate surface area is 126 Å². The van der Waals surface area contributed by atoms with Crippen LogP contribution >= 0.6 is 0 Å². The molecule has 0 bridgehead atoms. The summed E-state index contributed by atoms with van der Waals surface area (Å²) in [5, 5.41) is 0. The van der Waals surface area contributed by atoms with Crippen molar-refractivity contribution >= 4 is 10.0 Å². The summed E-state index contributed by atoms with van der Waals surface area (Å²) in [7, 11) is -0.768. The lowest BCUT2D eigenvalue weighted by Crippen LogP contribution is -2.41. The minimum atomic E-state index is -3.70. The molecule has 7 heteroatoms. The van der Waals surface area contributed by atoms with Gasteiger partial charge in [-0.25, -0.2) is 13.1 Å². The molecule has 1 aromatic rings. The molecule has 0 fully saturated rings. The predicted octanol–water partition coefficient (Wildman–Crippen LogP) is 1.36. The van der Waals surface area contributed by atoms with Gasteiger partial charge in [-0.2, -0.15) is 0 Å². The van der Waals surface area contributed by atoms with Crippen molar-refractivity contribution in [1.82, 2.24) is 4.72 Å². The predicted molar refractivity (Wildman–Crippen MR) is 82.2 cm³/mol. The van der Waals surface area contributed by atoms with E-state index in [4.69, 9.17) is 15.2 Å². The van der Waals surface area contributed by atoms with Crippen molar-refractivity contribution in [3.63, 3.8) is 0 Å². The number of nitrogens with one attached hydrogen (secondary N) is 1. The topological polar surface area (TPSA) is 90.7 Å². The molecule has 120 valence electrons. The largest absolute Gasteiger partial charge is 0.497 e. The van der Waals surface area contributed by atoms with Crippen molar-refractivity contribution in [2.75, 3.05) is 20.8 Å². The van der Waals surface area contributed by atoms with Gasteiger partial charge in [0.2, 0.25) is 10.0 Å². The van der Waals surface area contributed by atoms with Crippen LogP contribution < -0.4 is 19.9 Å². The normalized spacial score (nSPS) is 13.2. The van der Waals surface area contributed by atoms with E-state index in [-0.39, 0.29) is 23.2 Å². The first kappa shape index (κ1) is 17.7. The Kier molecular flexibility index (Phi) is 6.44. The van der Waals surface area contributed by atoms with Crippen LogP contribution in [0, 0.1) is 5.92 Å². The minimum absolute atomic E-state index is 0.0769. The number of sulfonamides is 1. The van der Waals surface area contributed by atoms with Gasteiger partial charge in [-0.15, -0.1) is 0 Å². The molecule has 0 spiro atoms. The van der Waals surface area contributed by atoms with Crippen LogP contribution in [0.2, 0.25) is 0 Å². The van der Waals surface area contributed by atoms with Crippen LogP contribution in [0.15, 0.2) is 23.1 Å². The third-order valence-corrected chi connectivity index (χ3v) is 4.58. The van der Waals surface area contributed by atoms with E-state index in [1.807, 2.05) is 13.8 Å². The van der Waals surface area contributed by atoms with E-state index < -0.39 is 10.0 Å². The van der Waals surface area contributed by atoms with E-state index in [0.717, 1.165) is 0 Å². The average molecular weight is 316 g/mol. The lowest BCUT2D eigenvalue weighted by Gasteiger charge is -2.20. The zero-order chi connectivity index (χ0) is 16.0. The van der Waals surface area contributed by atoms with Gasteiger partial charge in [0.1, 0.15) is 16.4 Å². The van der Waals surface area contributed by atoms with Gasteiger partial charge in [0.15, 0.2) is 0 Å². The minimum Gasteiger partial charge on any atom is -0.497 e. The van der Waals surface area contributed by atoms with Gasteiger partial charge in [-0.1, -0.05) is 13.8 Å². The first-order valence-corrected chi connectivity index (χ1v) is 8.26. The van der Waals surface area contributed by atoms with E-state index in [0.29, 0.717) is 18.1 Å².